The van der Waals surface area contributed by atoms with E-state index in [2.05, 4.69) is 73.3 Å². The third-order valence-electron chi connectivity index (χ3n) is 5.52. The number of piperidine rings is 1. The first kappa shape index (κ1) is 16.4. The smallest absolute Gasteiger partial charge is 0.0242 e. The van der Waals surface area contributed by atoms with Gasteiger partial charge in [-0.1, -0.05) is 66.6 Å². The molecule has 0 aromatic heterocycles. The van der Waals surface area contributed by atoms with Gasteiger partial charge in [0.25, 0.3) is 0 Å². The van der Waals surface area contributed by atoms with Gasteiger partial charge in [0, 0.05) is 6.54 Å². The molecule has 1 fully saturated rings. The Morgan fingerprint density at radius 1 is 0.840 bits per heavy atom. The van der Waals surface area contributed by atoms with Gasteiger partial charge in [-0.3, -0.25) is 4.90 Å². The van der Waals surface area contributed by atoms with Gasteiger partial charge in [0.05, 0.1) is 0 Å². The van der Waals surface area contributed by atoms with Crippen molar-refractivity contribution in [3.05, 3.63) is 71.3 Å². The lowest BCUT2D eigenvalue weighted by Gasteiger charge is -2.29. The third-order valence-corrected chi connectivity index (χ3v) is 5.52. The molecule has 0 saturated carbocycles. The highest BCUT2D eigenvalue weighted by Crippen LogP contribution is 2.36. The molecule has 0 spiro atoms. The van der Waals surface area contributed by atoms with E-state index in [0.717, 1.165) is 6.54 Å². The molecular weight excluding hydrogens is 302 g/mol. The van der Waals surface area contributed by atoms with Gasteiger partial charge < -0.3 is 0 Å². The van der Waals surface area contributed by atoms with E-state index in [1.165, 1.54) is 70.9 Å². The highest BCUT2D eigenvalue weighted by molar-refractivity contribution is 5.99. The summed E-state index contributed by atoms with van der Waals surface area (Å²) in [5.74, 6) is 0. The van der Waals surface area contributed by atoms with Gasteiger partial charge in [-0.05, 0) is 72.8 Å². The van der Waals surface area contributed by atoms with Crippen molar-refractivity contribution in [3.63, 3.8) is 0 Å². The van der Waals surface area contributed by atoms with Crippen LogP contribution in [0.1, 0.15) is 36.0 Å². The molecule has 0 N–H and O–H groups in total. The molecule has 0 atom stereocenters. The zero-order chi connectivity index (χ0) is 17.2. The lowest BCUT2D eigenvalue weighted by molar-refractivity contribution is 0.221. The summed E-state index contributed by atoms with van der Waals surface area (Å²) in [6.07, 6.45) is 4.07. The van der Waals surface area contributed by atoms with E-state index in [1.807, 2.05) is 0 Å². The Labute approximate surface area is 151 Å². The fraction of sp³-hybridized carbons (Fsp3) is 0.333. The first-order chi connectivity index (χ1) is 12.2. The number of likely N-dealkylation sites (tertiary alicyclic amines) is 1. The molecule has 0 amide bonds. The Kier molecular flexibility index (Phi) is 4.59. The van der Waals surface area contributed by atoms with Crippen LogP contribution in [0.5, 0.6) is 0 Å². The summed E-state index contributed by atoms with van der Waals surface area (Å²) >= 11 is 0. The molecule has 3 aromatic rings. The van der Waals surface area contributed by atoms with Crippen molar-refractivity contribution in [2.75, 3.05) is 13.1 Å². The van der Waals surface area contributed by atoms with Gasteiger partial charge in [0.15, 0.2) is 0 Å². The molecule has 1 nitrogen and oxygen atoms in total. The van der Waals surface area contributed by atoms with Gasteiger partial charge in [0.1, 0.15) is 0 Å². The van der Waals surface area contributed by atoms with Crippen molar-refractivity contribution in [2.24, 2.45) is 0 Å². The van der Waals surface area contributed by atoms with Gasteiger partial charge in [-0.15, -0.1) is 0 Å². The van der Waals surface area contributed by atoms with Crippen LogP contribution < -0.4 is 0 Å². The van der Waals surface area contributed by atoms with E-state index in [1.54, 1.807) is 0 Å². The van der Waals surface area contributed by atoms with Crippen LogP contribution in [0.3, 0.4) is 0 Å². The summed E-state index contributed by atoms with van der Waals surface area (Å²) in [6, 6.07) is 20.2. The largest absolute Gasteiger partial charge is 0.299 e. The molecule has 1 aliphatic rings. The second-order valence-corrected chi connectivity index (χ2v) is 7.47. The van der Waals surface area contributed by atoms with Crippen LogP contribution in [0.2, 0.25) is 0 Å². The standard InChI is InChI=1S/C24H27N/c1-18-11-12-21-16-19(2)23(17-25-13-7-4-8-14-25)24(22(21)15-18)20-9-5-3-6-10-20/h3,5-6,9-12,15-16H,4,7-8,13-14,17H2,1-2H3. The molecule has 0 bridgehead atoms. The van der Waals surface area contributed by atoms with E-state index < -0.39 is 0 Å². The second kappa shape index (κ2) is 7.01. The lowest BCUT2D eigenvalue weighted by atomic mass is 9.89. The summed E-state index contributed by atoms with van der Waals surface area (Å²) in [6.45, 7) is 8.02. The highest BCUT2D eigenvalue weighted by Gasteiger charge is 2.17. The maximum atomic E-state index is 2.64. The van der Waals surface area contributed by atoms with Crippen LogP contribution in [0, 0.1) is 13.8 Å². The predicted octanol–water partition coefficient (Wildman–Crippen LogP) is 6.11. The van der Waals surface area contributed by atoms with Gasteiger partial charge in [-0.2, -0.15) is 0 Å². The van der Waals surface area contributed by atoms with Crippen molar-refractivity contribution in [3.8, 4) is 11.1 Å². The van der Waals surface area contributed by atoms with E-state index >= 15 is 0 Å². The number of hydrogen-bond donors (Lipinski definition) is 0. The van der Waals surface area contributed by atoms with E-state index in [4.69, 9.17) is 0 Å². The van der Waals surface area contributed by atoms with Crippen molar-refractivity contribution in [1.29, 1.82) is 0 Å². The Morgan fingerprint density at radius 3 is 2.36 bits per heavy atom. The van der Waals surface area contributed by atoms with Crippen molar-refractivity contribution in [1.82, 2.24) is 4.90 Å². The van der Waals surface area contributed by atoms with Crippen LogP contribution in [0.4, 0.5) is 0 Å². The fourth-order valence-corrected chi connectivity index (χ4v) is 4.17. The Balaban J connectivity index is 1.91. The molecule has 1 aliphatic heterocycles. The normalized spacial score (nSPS) is 15.6. The molecule has 1 saturated heterocycles. The Hall–Kier alpha value is -2.12. The minimum atomic E-state index is 1.07. The van der Waals surface area contributed by atoms with E-state index in [0.29, 0.717) is 0 Å². The number of rotatable bonds is 3. The van der Waals surface area contributed by atoms with Gasteiger partial charge in [-0.25, -0.2) is 0 Å². The van der Waals surface area contributed by atoms with Crippen LogP contribution in [0.25, 0.3) is 21.9 Å². The number of hydrogen-bond acceptors (Lipinski definition) is 1. The average molecular weight is 329 g/mol. The number of benzene rings is 3. The first-order valence-electron chi connectivity index (χ1n) is 9.53. The first-order valence-corrected chi connectivity index (χ1v) is 9.53. The van der Waals surface area contributed by atoms with Crippen LogP contribution in [-0.2, 0) is 6.54 Å². The average Bonchev–Trinajstić information content (AvgIpc) is 2.64. The van der Waals surface area contributed by atoms with Gasteiger partial charge >= 0.3 is 0 Å². The monoisotopic (exact) mass is 329 g/mol. The summed E-state index contributed by atoms with van der Waals surface area (Å²) in [5.41, 5.74) is 7.03. The molecule has 4 rings (SSSR count). The number of nitrogens with zero attached hydrogens (tertiary/aromatic N) is 1. The maximum Gasteiger partial charge on any atom is 0.0242 e. The number of fused-ring (bicyclic) bond motifs is 1. The lowest BCUT2D eigenvalue weighted by Crippen LogP contribution is -2.29. The highest BCUT2D eigenvalue weighted by atomic mass is 15.1. The summed E-state index contributed by atoms with van der Waals surface area (Å²) < 4.78 is 0. The fourth-order valence-electron chi connectivity index (χ4n) is 4.17. The van der Waals surface area contributed by atoms with Crippen LogP contribution in [-0.4, -0.2) is 18.0 Å². The summed E-state index contributed by atoms with van der Waals surface area (Å²) in [4.78, 5) is 2.64. The zero-order valence-electron chi connectivity index (χ0n) is 15.4. The minimum absolute atomic E-state index is 1.07. The summed E-state index contributed by atoms with van der Waals surface area (Å²) in [5, 5.41) is 2.74. The molecule has 25 heavy (non-hydrogen) atoms. The molecule has 1 heteroatoms. The molecule has 0 aliphatic carbocycles. The third kappa shape index (κ3) is 3.34. The Bertz CT molecular complexity index is 873. The van der Waals surface area contributed by atoms with Crippen LogP contribution >= 0.6 is 0 Å². The van der Waals surface area contributed by atoms with E-state index in [9.17, 15) is 0 Å². The minimum Gasteiger partial charge on any atom is -0.299 e. The van der Waals surface area contributed by atoms with Crippen molar-refractivity contribution < 1.29 is 0 Å². The van der Waals surface area contributed by atoms with E-state index in [-0.39, 0.29) is 0 Å². The second-order valence-electron chi connectivity index (χ2n) is 7.47. The van der Waals surface area contributed by atoms with Gasteiger partial charge in [0.2, 0.25) is 0 Å². The molecule has 3 aromatic carbocycles. The quantitative estimate of drug-likeness (QED) is 0.560. The van der Waals surface area contributed by atoms with Crippen molar-refractivity contribution in [2.45, 2.75) is 39.7 Å². The SMILES string of the molecule is Cc1ccc2cc(C)c(CN3CCCCC3)c(-c3ccccc3)c2c1. The molecule has 1 heterocycles. The Morgan fingerprint density at radius 2 is 1.60 bits per heavy atom. The molecule has 0 radical (unpaired) electrons. The topological polar surface area (TPSA) is 3.24 Å². The van der Waals surface area contributed by atoms with Crippen molar-refractivity contribution >= 4 is 10.8 Å². The molecular formula is C24H27N. The number of aryl methyl sites for hydroxylation is 2. The molecule has 0 unspecified atom stereocenters. The van der Waals surface area contributed by atoms with Crippen LogP contribution in [0.15, 0.2) is 54.6 Å². The predicted molar refractivity (Wildman–Crippen MR) is 108 cm³/mol. The summed E-state index contributed by atoms with van der Waals surface area (Å²) in [7, 11) is 0. The zero-order valence-corrected chi connectivity index (χ0v) is 15.4. The maximum absolute atomic E-state index is 2.64. The molecule has 128 valence electrons.